The zero-order chi connectivity index (χ0) is 20.3. The Hall–Kier alpha value is -1.87. The van der Waals surface area contributed by atoms with Crippen LogP contribution in [0, 0.1) is 0 Å². The van der Waals surface area contributed by atoms with Gasteiger partial charge >= 0.3 is 0 Å². The average Bonchev–Trinajstić information content (AvgIpc) is 2.63. The summed E-state index contributed by atoms with van der Waals surface area (Å²) in [6.45, 7) is 0. The molecule has 0 aromatic heterocycles. The van der Waals surface area contributed by atoms with Crippen molar-refractivity contribution in [3.63, 3.8) is 0 Å². The highest BCUT2D eigenvalue weighted by atomic mass is 79.9. The smallest absolute Gasteiger partial charge is 0.261 e. The summed E-state index contributed by atoms with van der Waals surface area (Å²) in [5.41, 5.74) is 0.906. The summed E-state index contributed by atoms with van der Waals surface area (Å²) in [4.78, 5) is 12.8. The fourth-order valence-electron chi connectivity index (χ4n) is 2.38. The maximum atomic E-state index is 12.8. The van der Waals surface area contributed by atoms with E-state index in [1.54, 1.807) is 30.3 Å². The molecular weight excluding hydrogens is 532 g/mol. The molecule has 3 aromatic rings. The molecular formula is C19H13Br2ClN2O3S. The van der Waals surface area contributed by atoms with Crippen LogP contribution in [-0.4, -0.2) is 14.3 Å². The van der Waals surface area contributed by atoms with Crippen LogP contribution in [0.5, 0.6) is 0 Å². The van der Waals surface area contributed by atoms with Gasteiger partial charge in [-0.15, -0.1) is 0 Å². The predicted octanol–water partition coefficient (Wildman–Crippen LogP) is 5.92. The Labute approximate surface area is 184 Å². The molecule has 144 valence electrons. The number of amides is 1. The van der Waals surface area contributed by atoms with Crippen LogP contribution in [0.25, 0.3) is 0 Å². The third-order valence-corrected chi connectivity index (χ3v) is 6.30. The first-order valence-electron chi connectivity index (χ1n) is 7.89. The third kappa shape index (κ3) is 5.14. The molecule has 3 aromatic carbocycles. The molecule has 9 heteroatoms. The number of rotatable bonds is 5. The molecule has 5 nitrogen and oxygen atoms in total. The molecule has 0 aliphatic heterocycles. The summed E-state index contributed by atoms with van der Waals surface area (Å²) >= 11 is 12.5. The number of carbonyl (C=O) groups is 1. The van der Waals surface area contributed by atoms with Crippen molar-refractivity contribution in [1.82, 2.24) is 0 Å². The third-order valence-electron chi connectivity index (χ3n) is 3.68. The van der Waals surface area contributed by atoms with Crippen molar-refractivity contribution in [2.45, 2.75) is 4.90 Å². The first kappa shape index (κ1) is 20.9. The highest BCUT2D eigenvalue weighted by Gasteiger charge is 2.19. The molecule has 0 bridgehead atoms. The van der Waals surface area contributed by atoms with Crippen LogP contribution in [0.2, 0.25) is 5.02 Å². The van der Waals surface area contributed by atoms with E-state index in [0.717, 1.165) is 4.47 Å². The fraction of sp³-hybridized carbons (Fsp3) is 0. The van der Waals surface area contributed by atoms with Crippen LogP contribution >= 0.6 is 43.5 Å². The first-order valence-corrected chi connectivity index (χ1v) is 11.3. The molecule has 0 fully saturated rings. The SMILES string of the molecule is O=C(Nc1cccc(Br)c1)c1cc(Br)ccc1NS(=O)(=O)c1ccc(Cl)cc1. The minimum absolute atomic E-state index is 0.0400. The van der Waals surface area contributed by atoms with Gasteiger partial charge in [0, 0.05) is 19.7 Å². The molecule has 0 heterocycles. The summed E-state index contributed by atoms with van der Waals surface area (Å²) in [5.74, 6) is -0.451. The van der Waals surface area contributed by atoms with Crippen molar-refractivity contribution in [2.24, 2.45) is 0 Å². The van der Waals surface area contributed by atoms with Crippen molar-refractivity contribution >= 4 is 70.8 Å². The highest BCUT2D eigenvalue weighted by Crippen LogP contribution is 2.26. The zero-order valence-corrected chi connectivity index (χ0v) is 18.9. The van der Waals surface area contributed by atoms with E-state index in [4.69, 9.17) is 11.6 Å². The Morgan fingerprint density at radius 3 is 2.25 bits per heavy atom. The van der Waals surface area contributed by atoms with Gasteiger partial charge in [-0.05, 0) is 60.7 Å². The average molecular weight is 545 g/mol. The molecule has 0 radical (unpaired) electrons. The van der Waals surface area contributed by atoms with E-state index in [-0.39, 0.29) is 16.1 Å². The second-order valence-corrected chi connectivity index (χ2v) is 9.66. The molecule has 0 aliphatic carbocycles. The number of anilines is 2. The lowest BCUT2D eigenvalue weighted by Crippen LogP contribution is -2.18. The van der Waals surface area contributed by atoms with Gasteiger partial charge in [0.15, 0.2) is 0 Å². The van der Waals surface area contributed by atoms with Gasteiger partial charge in [-0.25, -0.2) is 8.42 Å². The predicted molar refractivity (Wildman–Crippen MR) is 118 cm³/mol. The Balaban J connectivity index is 1.92. The topological polar surface area (TPSA) is 75.3 Å². The van der Waals surface area contributed by atoms with E-state index in [0.29, 0.717) is 15.2 Å². The van der Waals surface area contributed by atoms with E-state index in [2.05, 4.69) is 41.9 Å². The minimum atomic E-state index is -3.89. The molecule has 0 aliphatic rings. The van der Waals surface area contributed by atoms with Gasteiger partial charge in [-0.2, -0.15) is 0 Å². The minimum Gasteiger partial charge on any atom is -0.322 e. The van der Waals surface area contributed by atoms with E-state index >= 15 is 0 Å². The van der Waals surface area contributed by atoms with Crippen LogP contribution in [0.4, 0.5) is 11.4 Å². The normalized spacial score (nSPS) is 11.1. The van der Waals surface area contributed by atoms with Gasteiger partial charge in [-0.3, -0.25) is 9.52 Å². The van der Waals surface area contributed by atoms with Gasteiger partial charge in [0.25, 0.3) is 15.9 Å². The number of sulfonamides is 1. The van der Waals surface area contributed by atoms with Gasteiger partial charge in [0.1, 0.15) is 0 Å². The molecule has 0 saturated heterocycles. The zero-order valence-electron chi connectivity index (χ0n) is 14.1. The lowest BCUT2D eigenvalue weighted by Gasteiger charge is -2.14. The van der Waals surface area contributed by atoms with Crippen molar-refractivity contribution in [3.8, 4) is 0 Å². The molecule has 3 rings (SSSR count). The second-order valence-electron chi connectivity index (χ2n) is 5.71. The van der Waals surface area contributed by atoms with Crippen LogP contribution in [0.1, 0.15) is 10.4 Å². The van der Waals surface area contributed by atoms with Crippen LogP contribution in [0.15, 0.2) is 80.6 Å². The van der Waals surface area contributed by atoms with Gasteiger partial charge in [0.2, 0.25) is 0 Å². The summed E-state index contributed by atoms with van der Waals surface area (Å²) in [7, 11) is -3.89. The van der Waals surface area contributed by atoms with Crippen LogP contribution in [-0.2, 0) is 10.0 Å². The van der Waals surface area contributed by atoms with Crippen molar-refractivity contribution in [3.05, 3.63) is 86.3 Å². The number of hydrogen-bond donors (Lipinski definition) is 2. The summed E-state index contributed by atoms with van der Waals surface area (Å²) in [5, 5.41) is 3.19. The second kappa shape index (κ2) is 8.65. The van der Waals surface area contributed by atoms with Crippen LogP contribution in [0.3, 0.4) is 0 Å². The van der Waals surface area contributed by atoms with Gasteiger partial charge in [0.05, 0.1) is 16.1 Å². The van der Waals surface area contributed by atoms with E-state index in [1.165, 1.54) is 30.3 Å². The number of hydrogen-bond acceptors (Lipinski definition) is 3. The summed E-state index contributed by atoms with van der Waals surface area (Å²) in [6.07, 6.45) is 0. The molecule has 0 spiro atoms. The summed E-state index contributed by atoms with van der Waals surface area (Å²) in [6, 6.07) is 17.6. The monoisotopic (exact) mass is 542 g/mol. The van der Waals surface area contributed by atoms with E-state index in [1.807, 2.05) is 6.07 Å². The Kier molecular flexibility index (Phi) is 6.44. The standard InChI is InChI=1S/C19H13Br2ClN2O3S/c20-12-2-1-3-15(10-12)23-19(25)17-11-13(21)4-9-18(17)24-28(26,27)16-7-5-14(22)6-8-16/h1-11,24H,(H,23,25). The number of halogens is 3. The lowest BCUT2D eigenvalue weighted by atomic mass is 10.1. The fourth-order valence-corrected chi connectivity index (χ4v) is 4.34. The molecule has 0 unspecified atom stereocenters. The largest absolute Gasteiger partial charge is 0.322 e. The van der Waals surface area contributed by atoms with Crippen molar-refractivity contribution in [1.29, 1.82) is 0 Å². The quantitative estimate of drug-likeness (QED) is 0.419. The Morgan fingerprint density at radius 1 is 0.893 bits per heavy atom. The van der Waals surface area contributed by atoms with Gasteiger partial charge in [-0.1, -0.05) is 49.5 Å². The number of carbonyl (C=O) groups excluding carboxylic acids is 1. The van der Waals surface area contributed by atoms with Crippen molar-refractivity contribution in [2.75, 3.05) is 10.0 Å². The highest BCUT2D eigenvalue weighted by molar-refractivity contribution is 9.10. The van der Waals surface area contributed by atoms with Crippen LogP contribution < -0.4 is 10.0 Å². The maximum Gasteiger partial charge on any atom is 0.261 e. The molecule has 28 heavy (non-hydrogen) atoms. The Morgan fingerprint density at radius 2 is 1.57 bits per heavy atom. The maximum absolute atomic E-state index is 12.8. The van der Waals surface area contributed by atoms with Crippen molar-refractivity contribution < 1.29 is 13.2 Å². The molecule has 1 amide bonds. The van der Waals surface area contributed by atoms with E-state index in [9.17, 15) is 13.2 Å². The molecule has 2 N–H and O–H groups in total. The summed E-state index contributed by atoms with van der Waals surface area (Å²) < 4.78 is 29.3. The molecule has 0 saturated carbocycles. The lowest BCUT2D eigenvalue weighted by molar-refractivity contribution is 0.102. The molecule has 0 atom stereocenters. The number of nitrogens with one attached hydrogen (secondary N) is 2. The Bertz CT molecular complexity index is 1140. The first-order chi connectivity index (χ1) is 13.2. The van der Waals surface area contributed by atoms with Gasteiger partial charge < -0.3 is 5.32 Å². The number of benzene rings is 3. The van der Waals surface area contributed by atoms with E-state index < -0.39 is 15.9 Å².